The lowest BCUT2D eigenvalue weighted by atomic mass is 10.1. The summed E-state index contributed by atoms with van der Waals surface area (Å²) in [5, 5.41) is 0. The van der Waals surface area contributed by atoms with Gasteiger partial charge >= 0.3 is 0 Å². The van der Waals surface area contributed by atoms with Crippen LogP contribution in [-0.4, -0.2) is 36.6 Å². The van der Waals surface area contributed by atoms with Crippen molar-refractivity contribution in [1.29, 1.82) is 0 Å². The Morgan fingerprint density at radius 1 is 1.32 bits per heavy atom. The number of amides is 1. The van der Waals surface area contributed by atoms with Crippen LogP contribution < -0.4 is 9.47 Å². The van der Waals surface area contributed by atoms with Crippen LogP contribution in [0.4, 0.5) is 0 Å². The predicted molar refractivity (Wildman–Crippen MR) is 71.3 cm³/mol. The van der Waals surface area contributed by atoms with Crippen LogP contribution in [0.3, 0.4) is 0 Å². The van der Waals surface area contributed by atoms with E-state index in [4.69, 9.17) is 9.47 Å². The van der Waals surface area contributed by atoms with E-state index in [9.17, 15) is 4.79 Å². The molecular weight excluding hydrogens is 242 g/mol. The minimum atomic E-state index is -0.541. The second kappa shape index (κ2) is 4.96. The zero-order valence-electron chi connectivity index (χ0n) is 10.8. The molecule has 0 spiro atoms. The van der Waals surface area contributed by atoms with Gasteiger partial charge in [0, 0.05) is 13.1 Å². The molecule has 0 bridgehead atoms. The third-order valence-corrected chi connectivity index (χ3v) is 3.47. The van der Waals surface area contributed by atoms with Crippen molar-refractivity contribution in [1.82, 2.24) is 4.90 Å². The molecule has 2 aliphatic heterocycles. The number of hydrogen-bond acceptors (Lipinski definition) is 3. The van der Waals surface area contributed by atoms with Crippen molar-refractivity contribution < 1.29 is 14.3 Å². The van der Waals surface area contributed by atoms with Gasteiger partial charge < -0.3 is 14.4 Å². The number of carbonyl (C=O) groups excluding carboxylic acids is 1. The Bertz CT molecular complexity index is 512. The summed E-state index contributed by atoms with van der Waals surface area (Å²) in [7, 11) is 0. The first-order chi connectivity index (χ1) is 9.24. The molecule has 1 unspecified atom stereocenters. The van der Waals surface area contributed by atoms with Crippen LogP contribution >= 0.6 is 0 Å². The van der Waals surface area contributed by atoms with E-state index in [1.165, 1.54) is 0 Å². The van der Waals surface area contributed by atoms with Crippen LogP contribution in [0.15, 0.2) is 36.4 Å². The zero-order valence-corrected chi connectivity index (χ0v) is 10.8. The van der Waals surface area contributed by atoms with Gasteiger partial charge in [-0.05, 0) is 25.0 Å². The largest absolute Gasteiger partial charge is 0.485 e. The quantitative estimate of drug-likeness (QED) is 0.724. The van der Waals surface area contributed by atoms with Crippen molar-refractivity contribution >= 4 is 5.91 Å². The molecule has 0 saturated carbocycles. The first-order valence-corrected chi connectivity index (χ1v) is 6.58. The molecule has 1 fully saturated rings. The van der Waals surface area contributed by atoms with Crippen molar-refractivity contribution in [2.75, 3.05) is 19.7 Å². The summed E-state index contributed by atoms with van der Waals surface area (Å²) in [6.07, 6.45) is 1.45. The molecule has 1 atom stereocenters. The number of hydrogen-bond donors (Lipinski definition) is 0. The molecule has 0 radical (unpaired) electrons. The topological polar surface area (TPSA) is 38.8 Å². The van der Waals surface area contributed by atoms with Crippen molar-refractivity contribution in [3.8, 4) is 11.5 Å². The van der Waals surface area contributed by atoms with Crippen molar-refractivity contribution in [3.05, 3.63) is 36.4 Å². The van der Waals surface area contributed by atoms with E-state index in [2.05, 4.69) is 6.58 Å². The standard InChI is InChI=1S/C15H17NO3/c1-11-5-4-8-16(9-11)15(17)14-10-18-12-6-2-3-7-13(12)19-14/h2-3,6-7,14H,1,4-5,8-10H2. The number of rotatable bonds is 1. The van der Waals surface area contributed by atoms with E-state index in [0.717, 1.165) is 25.0 Å². The first-order valence-electron chi connectivity index (χ1n) is 6.58. The fraction of sp³-hybridized carbons (Fsp3) is 0.400. The van der Waals surface area contributed by atoms with Gasteiger partial charge in [0.05, 0.1) is 0 Å². The molecule has 0 aliphatic carbocycles. The van der Waals surface area contributed by atoms with Gasteiger partial charge in [-0.1, -0.05) is 24.3 Å². The Labute approximate surface area is 112 Å². The number of ether oxygens (including phenoxy) is 2. The molecule has 4 heteroatoms. The summed E-state index contributed by atoms with van der Waals surface area (Å²) in [6, 6.07) is 7.43. The number of benzene rings is 1. The maximum atomic E-state index is 12.4. The molecule has 1 aromatic rings. The van der Waals surface area contributed by atoms with Gasteiger partial charge in [0.25, 0.3) is 5.91 Å². The van der Waals surface area contributed by atoms with Crippen LogP contribution in [0.2, 0.25) is 0 Å². The summed E-state index contributed by atoms with van der Waals surface area (Å²) in [5.74, 6) is 1.34. The Morgan fingerprint density at radius 2 is 2.11 bits per heavy atom. The van der Waals surface area contributed by atoms with Crippen LogP contribution in [0.5, 0.6) is 11.5 Å². The lowest BCUT2D eigenvalue weighted by Crippen LogP contribution is -2.48. The molecule has 1 amide bonds. The van der Waals surface area contributed by atoms with Crippen LogP contribution in [0, 0.1) is 0 Å². The lowest BCUT2D eigenvalue weighted by Gasteiger charge is -2.33. The number of carbonyl (C=O) groups is 1. The van der Waals surface area contributed by atoms with Gasteiger partial charge in [-0.3, -0.25) is 4.79 Å². The highest BCUT2D eigenvalue weighted by molar-refractivity contribution is 5.82. The smallest absolute Gasteiger partial charge is 0.267 e. The predicted octanol–water partition coefficient (Wildman–Crippen LogP) is 2.00. The molecule has 0 aromatic heterocycles. The summed E-state index contributed by atoms with van der Waals surface area (Å²) in [5.41, 5.74) is 1.11. The van der Waals surface area contributed by atoms with Crippen molar-refractivity contribution in [3.63, 3.8) is 0 Å². The average molecular weight is 259 g/mol. The normalized spacial score (nSPS) is 22.2. The molecule has 19 heavy (non-hydrogen) atoms. The maximum absolute atomic E-state index is 12.4. The summed E-state index contributed by atoms with van der Waals surface area (Å²) < 4.78 is 11.3. The molecule has 1 saturated heterocycles. The molecule has 0 N–H and O–H groups in total. The molecule has 2 heterocycles. The van der Waals surface area contributed by atoms with Crippen molar-refractivity contribution in [2.45, 2.75) is 18.9 Å². The fourth-order valence-corrected chi connectivity index (χ4v) is 2.48. The molecular formula is C15H17NO3. The monoisotopic (exact) mass is 259 g/mol. The summed E-state index contributed by atoms with van der Waals surface area (Å²) in [4.78, 5) is 14.2. The highest BCUT2D eigenvalue weighted by Gasteiger charge is 2.31. The number of para-hydroxylation sites is 2. The zero-order chi connectivity index (χ0) is 13.2. The second-order valence-corrected chi connectivity index (χ2v) is 4.98. The van der Waals surface area contributed by atoms with Gasteiger partial charge in [0.1, 0.15) is 6.61 Å². The van der Waals surface area contributed by atoms with E-state index in [-0.39, 0.29) is 12.5 Å². The van der Waals surface area contributed by atoms with E-state index >= 15 is 0 Å². The SMILES string of the molecule is C=C1CCCN(C(=O)C2COc3ccccc3O2)C1. The fourth-order valence-electron chi connectivity index (χ4n) is 2.48. The minimum absolute atomic E-state index is 0.00430. The minimum Gasteiger partial charge on any atom is -0.485 e. The second-order valence-electron chi connectivity index (χ2n) is 4.98. The van der Waals surface area contributed by atoms with Crippen LogP contribution in [0.25, 0.3) is 0 Å². The lowest BCUT2D eigenvalue weighted by molar-refractivity contribution is -0.141. The Balaban J connectivity index is 1.70. The third-order valence-electron chi connectivity index (χ3n) is 3.47. The number of nitrogens with zero attached hydrogens (tertiary/aromatic N) is 1. The van der Waals surface area contributed by atoms with Gasteiger partial charge in [-0.2, -0.15) is 0 Å². The summed E-state index contributed by atoms with van der Waals surface area (Å²) in [6.45, 7) is 5.65. The average Bonchev–Trinajstić information content (AvgIpc) is 2.46. The first kappa shape index (κ1) is 12.1. The van der Waals surface area contributed by atoms with E-state index in [1.807, 2.05) is 29.2 Å². The highest BCUT2D eigenvalue weighted by Crippen LogP contribution is 2.31. The van der Waals surface area contributed by atoms with Gasteiger partial charge in [0.2, 0.25) is 6.10 Å². The van der Waals surface area contributed by atoms with Gasteiger partial charge in [0.15, 0.2) is 11.5 Å². The molecule has 4 nitrogen and oxygen atoms in total. The van der Waals surface area contributed by atoms with Crippen molar-refractivity contribution in [2.24, 2.45) is 0 Å². The Morgan fingerprint density at radius 3 is 2.89 bits per heavy atom. The maximum Gasteiger partial charge on any atom is 0.267 e. The Kier molecular flexibility index (Phi) is 3.15. The van der Waals surface area contributed by atoms with Crippen LogP contribution in [-0.2, 0) is 4.79 Å². The van der Waals surface area contributed by atoms with Gasteiger partial charge in [-0.25, -0.2) is 0 Å². The summed E-state index contributed by atoms with van der Waals surface area (Å²) >= 11 is 0. The van der Waals surface area contributed by atoms with E-state index in [0.29, 0.717) is 18.0 Å². The molecule has 100 valence electrons. The molecule has 1 aromatic carbocycles. The van der Waals surface area contributed by atoms with E-state index in [1.54, 1.807) is 0 Å². The molecule has 3 rings (SSSR count). The number of fused-ring (bicyclic) bond motifs is 1. The third kappa shape index (κ3) is 2.43. The van der Waals surface area contributed by atoms with E-state index < -0.39 is 6.10 Å². The number of piperidine rings is 1. The van der Waals surface area contributed by atoms with Gasteiger partial charge in [-0.15, -0.1) is 0 Å². The molecule has 2 aliphatic rings. The Hall–Kier alpha value is -1.97. The highest BCUT2D eigenvalue weighted by atomic mass is 16.6. The number of likely N-dealkylation sites (tertiary alicyclic amines) is 1. The van der Waals surface area contributed by atoms with Crippen LogP contribution in [0.1, 0.15) is 12.8 Å².